The molecule has 0 aliphatic carbocycles. The van der Waals surface area contributed by atoms with Gasteiger partial charge in [0.2, 0.25) is 0 Å². The molecule has 2 aromatic rings. The van der Waals surface area contributed by atoms with Gasteiger partial charge in [0.25, 0.3) is 0 Å². The Labute approximate surface area is 123 Å². The van der Waals surface area contributed by atoms with Crippen molar-refractivity contribution in [2.45, 2.75) is 13.5 Å². The summed E-state index contributed by atoms with van der Waals surface area (Å²) >= 11 is 0. The van der Waals surface area contributed by atoms with Crippen molar-refractivity contribution < 1.29 is 0 Å². The number of hydrogen-bond acceptors (Lipinski definition) is 2. The van der Waals surface area contributed by atoms with Crippen LogP contribution in [0.25, 0.3) is 6.08 Å². The molecule has 3 heteroatoms. The van der Waals surface area contributed by atoms with Gasteiger partial charge in [0.15, 0.2) is 0 Å². The zero-order valence-corrected chi connectivity index (χ0v) is 12.9. The number of aryl methyl sites for hydroxylation is 1. The number of benzene rings is 1. The summed E-state index contributed by atoms with van der Waals surface area (Å²) in [5.41, 5.74) is 4.54. The predicted octanol–water partition coefficient (Wildman–Crippen LogP) is 4.29. The molecule has 104 valence electrons. The van der Waals surface area contributed by atoms with Crippen molar-refractivity contribution >= 4 is 28.3 Å². The van der Waals surface area contributed by atoms with Crippen LogP contribution in [0, 0.1) is 6.92 Å². The third kappa shape index (κ3) is 3.58. The van der Waals surface area contributed by atoms with E-state index in [1.807, 2.05) is 18.3 Å². The lowest BCUT2D eigenvalue weighted by Crippen LogP contribution is -2.16. The van der Waals surface area contributed by atoms with E-state index in [0.29, 0.717) is 0 Å². The van der Waals surface area contributed by atoms with E-state index in [2.05, 4.69) is 59.2 Å². The van der Waals surface area contributed by atoms with Crippen LogP contribution < -0.4 is 4.31 Å². The highest BCUT2D eigenvalue weighted by atomic mass is 32.2. The Kier molecular flexibility index (Phi) is 4.74. The molecule has 0 fully saturated rings. The minimum absolute atomic E-state index is 0.0971. The highest BCUT2D eigenvalue weighted by molar-refractivity contribution is 8.14. The second-order valence-corrected chi connectivity index (χ2v) is 6.40. The summed E-state index contributed by atoms with van der Waals surface area (Å²) in [6, 6.07) is 12.6. The van der Waals surface area contributed by atoms with E-state index in [9.17, 15) is 0 Å². The van der Waals surface area contributed by atoms with Crippen LogP contribution in [0.1, 0.15) is 16.8 Å². The highest BCUT2D eigenvalue weighted by Gasteiger charge is 2.08. The summed E-state index contributed by atoms with van der Waals surface area (Å²) in [6.45, 7) is 6.62. The molecule has 20 heavy (non-hydrogen) atoms. The van der Waals surface area contributed by atoms with E-state index < -0.39 is 0 Å². The van der Waals surface area contributed by atoms with Crippen LogP contribution >= 0.6 is 10.7 Å². The maximum absolute atomic E-state index is 4.48. The third-order valence-electron chi connectivity index (χ3n) is 3.05. The highest BCUT2D eigenvalue weighted by Crippen LogP contribution is 2.27. The number of pyridine rings is 1. The molecule has 1 atom stereocenters. The molecule has 2 nitrogen and oxygen atoms in total. The number of rotatable bonds is 5. The summed E-state index contributed by atoms with van der Waals surface area (Å²) < 4.78 is 2.28. The van der Waals surface area contributed by atoms with Crippen LogP contribution in [0.3, 0.4) is 0 Å². The van der Waals surface area contributed by atoms with Gasteiger partial charge in [0, 0.05) is 11.9 Å². The SMILES string of the molecule is C=Cc1ccc(CN(c2cccc(C)c2)S(=C)C)nc1. The van der Waals surface area contributed by atoms with Crippen molar-refractivity contribution in [2.24, 2.45) is 0 Å². The molecule has 0 N–H and O–H groups in total. The maximum Gasteiger partial charge on any atom is 0.0713 e. The molecule has 1 unspecified atom stereocenters. The molecular formula is C17H20N2S. The minimum atomic E-state index is -0.0971. The van der Waals surface area contributed by atoms with Crippen molar-refractivity contribution in [3.05, 3.63) is 66.0 Å². The summed E-state index contributed by atoms with van der Waals surface area (Å²) in [4.78, 5) is 4.48. The van der Waals surface area contributed by atoms with Gasteiger partial charge in [-0.2, -0.15) is 0 Å². The van der Waals surface area contributed by atoms with Crippen molar-refractivity contribution in [3.63, 3.8) is 0 Å². The Hall–Kier alpha value is -1.87. The van der Waals surface area contributed by atoms with Gasteiger partial charge in [-0.1, -0.05) is 36.7 Å². The molecule has 0 aliphatic heterocycles. The molecule has 1 heterocycles. The number of aromatic nitrogens is 1. The number of anilines is 1. The van der Waals surface area contributed by atoms with Gasteiger partial charge in [-0.25, -0.2) is 0 Å². The van der Waals surface area contributed by atoms with E-state index >= 15 is 0 Å². The van der Waals surface area contributed by atoms with Crippen LogP contribution in [-0.4, -0.2) is 17.1 Å². The molecule has 0 amide bonds. The standard InChI is InChI=1S/C17H20N2S/c1-5-15-9-10-16(18-12-15)13-19(20(3)4)17-8-6-7-14(2)11-17/h5-12H,1,3,13H2,2,4H3. The normalized spacial score (nSPS) is 11.9. The van der Waals surface area contributed by atoms with Gasteiger partial charge in [0.1, 0.15) is 0 Å². The second kappa shape index (κ2) is 6.53. The summed E-state index contributed by atoms with van der Waals surface area (Å²) in [7, 11) is -0.0971. The van der Waals surface area contributed by atoms with Gasteiger partial charge < -0.3 is 4.31 Å². The number of hydrogen-bond donors (Lipinski definition) is 0. The van der Waals surface area contributed by atoms with Crippen LogP contribution in [0.5, 0.6) is 0 Å². The fourth-order valence-electron chi connectivity index (χ4n) is 1.96. The Balaban J connectivity index is 2.25. The summed E-state index contributed by atoms with van der Waals surface area (Å²) in [5, 5.41) is 0. The third-order valence-corrected chi connectivity index (χ3v) is 4.15. The Bertz CT molecular complexity index is 617. The maximum atomic E-state index is 4.48. The van der Waals surface area contributed by atoms with Gasteiger partial charge >= 0.3 is 0 Å². The van der Waals surface area contributed by atoms with Crippen molar-refractivity contribution in [1.82, 2.24) is 4.98 Å². The van der Waals surface area contributed by atoms with E-state index in [0.717, 1.165) is 17.8 Å². The molecule has 1 aromatic heterocycles. The molecule has 0 aliphatic rings. The van der Waals surface area contributed by atoms with Crippen molar-refractivity contribution in [1.29, 1.82) is 0 Å². The molecule has 2 rings (SSSR count). The Morgan fingerprint density at radius 1 is 1.30 bits per heavy atom. The Morgan fingerprint density at radius 3 is 2.65 bits per heavy atom. The first kappa shape index (κ1) is 14.5. The molecule has 0 bridgehead atoms. The molecule has 0 saturated carbocycles. The van der Waals surface area contributed by atoms with Crippen molar-refractivity contribution in [2.75, 3.05) is 10.6 Å². The second-order valence-electron chi connectivity index (χ2n) is 4.76. The van der Waals surface area contributed by atoms with E-state index in [-0.39, 0.29) is 10.7 Å². The topological polar surface area (TPSA) is 16.1 Å². The molecule has 0 saturated heterocycles. The fraction of sp³-hybridized carbons (Fsp3) is 0.176. The van der Waals surface area contributed by atoms with Crippen LogP contribution in [0.2, 0.25) is 0 Å². The Morgan fingerprint density at radius 2 is 2.10 bits per heavy atom. The van der Waals surface area contributed by atoms with Crippen LogP contribution in [0.15, 0.2) is 49.2 Å². The first-order valence-electron chi connectivity index (χ1n) is 6.47. The minimum Gasteiger partial charge on any atom is -0.317 e. The lowest BCUT2D eigenvalue weighted by atomic mass is 10.2. The molecule has 0 spiro atoms. The first-order valence-corrected chi connectivity index (χ1v) is 8.23. The van der Waals surface area contributed by atoms with Crippen molar-refractivity contribution in [3.8, 4) is 0 Å². The average Bonchev–Trinajstić information content (AvgIpc) is 2.45. The lowest BCUT2D eigenvalue weighted by Gasteiger charge is -2.25. The van der Waals surface area contributed by atoms with E-state index in [4.69, 9.17) is 0 Å². The quantitative estimate of drug-likeness (QED) is 0.762. The first-order chi connectivity index (χ1) is 9.60. The van der Waals surface area contributed by atoms with E-state index in [1.165, 1.54) is 11.3 Å². The molecular weight excluding hydrogens is 264 g/mol. The van der Waals surface area contributed by atoms with E-state index in [1.54, 1.807) is 6.08 Å². The van der Waals surface area contributed by atoms with Gasteiger partial charge in [0.05, 0.1) is 12.2 Å². The summed E-state index contributed by atoms with van der Waals surface area (Å²) in [6.07, 6.45) is 5.79. The monoisotopic (exact) mass is 284 g/mol. The largest absolute Gasteiger partial charge is 0.317 e. The average molecular weight is 284 g/mol. The lowest BCUT2D eigenvalue weighted by molar-refractivity contribution is 0.983. The fourth-order valence-corrected chi connectivity index (χ4v) is 2.79. The van der Waals surface area contributed by atoms with Crippen LogP contribution in [-0.2, 0) is 6.54 Å². The molecule has 0 radical (unpaired) electrons. The smallest absolute Gasteiger partial charge is 0.0713 e. The van der Waals surface area contributed by atoms with Gasteiger partial charge in [-0.15, -0.1) is 10.7 Å². The zero-order valence-electron chi connectivity index (χ0n) is 12.0. The predicted molar refractivity (Wildman–Crippen MR) is 92.3 cm³/mol. The van der Waals surface area contributed by atoms with Gasteiger partial charge in [-0.3, -0.25) is 4.98 Å². The zero-order chi connectivity index (χ0) is 14.5. The van der Waals surface area contributed by atoms with Crippen LogP contribution in [0.4, 0.5) is 5.69 Å². The summed E-state index contributed by atoms with van der Waals surface area (Å²) in [5.74, 6) is 4.18. The number of nitrogens with zero attached hydrogens (tertiary/aromatic N) is 2. The molecule has 1 aromatic carbocycles. The van der Waals surface area contributed by atoms with Gasteiger partial charge in [-0.05, 0) is 42.5 Å².